The van der Waals surface area contributed by atoms with Crippen molar-refractivity contribution in [2.24, 2.45) is 0 Å². The van der Waals surface area contributed by atoms with E-state index < -0.39 is 11.3 Å². The Hall–Kier alpha value is -2.37. The van der Waals surface area contributed by atoms with Gasteiger partial charge >= 0.3 is 6.09 Å². The van der Waals surface area contributed by atoms with Gasteiger partial charge in [-0.25, -0.2) is 9.00 Å². The number of hydrogen-bond acceptors (Lipinski definition) is 5. The molecular formula is C23H28Cl2N4O5S. The number of methoxy groups -OCH3 is 1. The molecule has 1 fully saturated rings. The lowest BCUT2D eigenvalue weighted by molar-refractivity contribution is 0.0885. The van der Waals surface area contributed by atoms with Gasteiger partial charge in [-0.3, -0.25) is 18.6 Å². The van der Waals surface area contributed by atoms with E-state index in [0.717, 1.165) is 5.56 Å². The fourth-order valence-corrected chi connectivity index (χ4v) is 4.72. The van der Waals surface area contributed by atoms with Crippen LogP contribution in [0.5, 0.6) is 0 Å². The van der Waals surface area contributed by atoms with Crippen molar-refractivity contribution in [1.82, 2.24) is 15.1 Å². The summed E-state index contributed by atoms with van der Waals surface area (Å²) < 4.78 is 27.7. The minimum absolute atomic E-state index is 0.230. The average molecular weight is 543 g/mol. The molecule has 9 nitrogen and oxygen atoms in total. The van der Waals surface area contributed by atoms with Crippen molar-refractivity contribution in [2.75, 3.05) is 57.2 Å². The molecule has 2 amide bonds. The molecule has 1 aliphatic rings. The summed E-state index contributed by atoms with van der Waals surface area (Å²) in [4.78, 5) is 27.9. The molecule has 1 saturated heterocycles. The van der Waals surface area contributed by atoms with E-state index in [1.807, 2.05) is 6.07 Å². The van der Waals surface area contributed by atoms with E-state index in [0.29, 0.717) is 67.0 Å². The lowest BCUT2D eigenvalue weighted by Crippen LogP contribution is -2.50. The van der Waals surface area contributed by atoms with Crippen LogP contribution in [-0.2, 0) is 22.4 Å². The number of carbonyl (C=O) groups is 2. The Morgan fingerprint density at radius 1 is 1.11 bits per heavy atom. The first-order chi connectivity index (χ1) is 16.8. The maximum Gasteiger partial charge on any atom is 0.409 e. The second-order valence-electron chi connectivity index (χ2n) is 7.90. The molecule has 1 unspecified atom stereocenters. The molecule has 2 aromatic rings. The molecular weight excluding hydrogens is 515 g/mol. The molecule has 0 radical (unpaired) electrons. The van der Waals surface area contributed by atoms with Crippen LogP contribution in [0.4, 0.5) is 10.5 Å². The van der Waals surface area contributed by atoms with Gasteiger partial charge in [-0.1, -0.05) is 35.3 Å². The number of benzene rings is 2. The first kappa shape index (κ1) is 27.2. The van der Waals surface area contributed by atoms with E-state index in [2.05, 4.69) is 10.2 Å². The molecule has 0 bridgehead atoms. The standard InChI is InChI=1S/C23H28Cl2N4O5S/c1-34-23(31)28-15-13-27(14-16-28)12-10-26-22(30)18-5-7-19(8-6-18)29(35(32)33)11-9-17-3-2-4-20(24)21(17)25/h2-8H,9-16H2,1H3,(H,26,30)(H,32,33). The van der Waals surface area contributed by atoms with E-state index in [1.54, 1.807) is 41.3 Å². The summed E-state index contributed by atoms with van der Waals surface area (Å²) in [5.74, 6) is -0.230. The van der Waals surface area contributed by atoms with Gasteiger partial charge in [0.05, 0.1) is 22.8 Å². The molecule has 1 atom stereocenters. The highest BCUT2D eigenvalue weighted by atomic mass is 35.5. The van der Waals surface area contributed by atoms with Crippen LogP contribution >= 0.6 is 23.2 Å². The normalized spacial score (nSPS) is 14.9. The highest BCUT2D eigenvalue weighted by molar-refractivity contribution is 7.80. The summed E-state index contributed by atoms with van der Waals surface area (Å²) in [5.41, 5.74) is 1.73. The van der Waals surface area contributed by atoms with Crippen LogP contribution in [0.3, 0.4) is 0 Å². The third kappa shape index (κ3) is 7.55. The summed E-state index contributed by atoms with van der Waals surface area (Å²) in [6, 6.07) is 11.8. The van der Waals surface area contributed by atoms with E-state index in [4.69, 9.17) is 27.9 Å². The Bertz CT molecular complexity index is 1050. The minimum Gasteiger partial charge on any atom is -0.453 e. The lowest BCUT2D eigenvalue weighted by atomic mass is 10.1. The predicted octanol–water partition coefficient (Wildman–Crippen LogP) is 3.29. The Balaban J connectivity index is 1.49. The van der Waals surface area contributed by atoms with Gasteiger partial charge in [0, 0.05) is 51.4 Å². The summed E-state index contributed by atoms with van der Waals surface area (Å²) in [7, 11) is 1.37. The average Bonchev–Trinajstić information content (AvgIpc) is 2.86. The van der Waals surface area contributed by atoms with Gasteiger partial charge in [0.2, 0.25) is 0 Å². The highest BCUT2D eigenvalue weighted by Gasteiger charge is 2.21. The molecule has 0 saturated carbocycles. The molecule has 0 spiro atoms. The van der Waals surface area contributed by atoms with Gasteiger partial charge in [0.1, 0.15) is 0 Å². The van der Waals surface area contributed by atoms with Crippen LogP contribution in [0.2, 0.25) is 10.0 Å². The molecule has 1 aliphatic heterocycles. The van der Waals surface area contributed by atoms with Crippen LogP contribution in [0.25, 0.3) is 0 Å². The summed E-state index contributed by atoms with van der Waals surface area (Å²) >= 11 is 10.0. The van der Waals surface area contributed by atoms with Crippen molar-refractivity contribution in [2.45, 2.75) is 6.42 Å². The monoisotopic (exact) mass is 542 g/mol. The molecule has 2 N–H and O–H groups in total. The van der Waals surface area contributed by atoms with Crippen LogP contribution in [-0.4, -0.2) is 83.5 Å². The van der Waals surface area contributed by atoms with Gasteiger partial charge in [0.15, 0.2) is 0 Å². The van der Waals surface area contributed by atoms with Gasteiger partial charge in [-0.05, 0) is 42.3 Å². The summed E-state index contributed by atoms with van der Waals surface area (Å²) in [6.07, 6.45) is 0.0974. The summed E-state index contributed by atoms with van der Waals surface area (Å²) in [6.45, 7) is 3.98. The first-order valence-electron chi connectivity index (χ1n) is 11.0. The number of nitrogens with zero attached hydrogens (tertiary/aromatic N) is 3. The Morgan fingerprint density at radius 3 is 2.43 bits per heavy atom. The SMILES string of the molecule is COC(=O)N1CCN(CCNC(=O)c2ccc(N(CCc3cccc(Cl)c3Cl)S(=O)O)cc2)CC1. The topological polar surface area (TPSA) is 102 Å². The third-order valence-electron chi connectivity index (χ3n) is 5.74. The Morgan fingerprint density at radius 2 is 1.80 bits per heavy atom. The van der Waals surface area contributed by atoms with Crippen molar-refractivity contribution in [3.05, 3.63) is 63.6 Å². The zero-order chi connectivity index (χ0) is 25.4. The highest BCUT2D eigenvalue weighted by Crippen LogP contribution is 2.26. The Kier molecular flexibility index (Phi) is 10.2. The number of carbonyl (C=O) groups excluding carboxylic acids is 2. The van der Waals surface area contributed by atoms with Crippen LogP contribution in [0.15, 0.2) is 42.5 Å². The van der Waals surface area contributed by atoms with Crippen molar-refractivity contribution < 1.29 is 23.1 Å². The molecule has 0 aromatic heterocycles. The number of halogens is 2. The number of anilines is 1. The van der Waals surface area contributed by atoms with Gasteiger partial charge in [-0.15, -0.1) is 0 Å². The lowest BCUT2D eigenvalue weighted by Gasteiger charge is -2.33. The molecule has 190 valence electrons. The maximum atomic E-state index is 12.5. The van der Waals surface area contributed by atoms with E-state index in [1.165, 1.54) is 11.4 Å². The summed E-state index contributed by atoms with van der Waals surface area (Å²) in [5, 5.41) is 3.74. The maximum absolute atomic E-state index is 12.5. The number of amides is 2. The number of ether oxygens (including phenoxy) is 1. The van der Waals surface area contributed by atoms with Crippen molar-refractivity contribution in [3.63, 3.8) is 0 Å². The largest absolute Gasteiger partial charge is 0.453 e. The number of piperazine rings is 1. The zero-order valence-corrected chi connectivity index (χ0v) is 21.6. The van der Waals surface area contributed by atoms with E-state index >= 15 is 0 Å². The van der Waals surface area contributed by atoms with Gasteiger partial charge in [-0.2, -0.15) is 0 Å². The predicted molar refractivity (Wildman–Crippen MR) is 137 cm³/mol. The molecule has 0 aliphatic carbocycles. The fourth-order valence-electron chi connectivity index (χ4n) is 3.75. The van der Waals surface area contributed by atoms with Crippen molar-refractivity contribution in [3.8, 4) is 0 Å². The Labute approximate surface area is 217 Å². The van der Waals surface area contributed by atoms with Crippen molar-refractivity contribution in [1.29, 1.82) is 0 Å². The second-order valence-corrected chi connectivity index (χ2v) is 9.58. The van der Waals surface area contributed by atoms with Crippen LogP contribution in [0.1, 0.15) is 15.9 Å². The van der Waals surface area contributed by atoms with E-state index in [9.17, 15) is 18.4 Å². The number of rotatable bonds is 9. The third-order valence-corrected chi connectivity index (χ3v) is 7.37. The van der Waals surface area contributed by atoms with Crippen LogP contribution in [0, 0.1) is 0 Å². The smallest absolute Gasteiger partial charge is 0.409 e. The van der Waals surface area contributed by atoms with Gasteiger partial charge < -0.3 is 15.0 Å². The first-order valence-corrected chi connectivity index (χ1v) is 12.9. The van der Waals surface area contributed by atoms with E-state index in [-0.39, 0.29) is 18.5 Å². The van der Waals surface area contributed by atoms with Crippen LogP contribution < -0.4 is 9.62 Å². The fraction of sp³-hybridized carbons (Fsp3) is 0.391. The molecule has 35 heavy (non-hydrogen) atoms. The van der Waals surface area contributed by atoms with Crippen molar-refractivity contribution >= 4 is 52.2 Å². The number of nitrogens with one attached hydrogen (secondary N) is 1. The minimum atomic E-state index is -2.25. The molecule has 1 heterocycles. The zero-order valence-electron chi connectivity index (χ0n) is 19.3. The number of hydrogen-bond donors (Lipinski definition) is 2. The molecule has 3 rings (SSSR count). The molecule has 2 aromatic carbocycles. The second kappa shape index (κ2) is 13.1. The quantitative estimate of drug-likeness (QED) is 0.471. The molecule has 12 heteroatoms. The van der Waals surface area contributed by atoms with Gasteiger partial charge in [0.25, 0.3) is 17.2 Å².